The Hall–Kier alpha value is -3.92. The first kappa shape index (κ1) is 18.1. The number of pyridine rings is 2. The van der Waals surface area contributed by atoms with E-state index in [0.29, 0.717) is 16.7 Å². The molecular formula is C19H10ClF2N7O. The molecule has 11 heteroatoms. The number of nitrogens with one attached hydrogen (secondary N) is 1. The van der Waals surface area contributed by atoms with Crippen molar-refractivity contribution >= 4 is 39.8 Å². The number of nitrogens with zero attached hydrogens (tertiary/aromatic N) is 6. The summed E-state index contributed by atoms with van der Waals surface area (Å²) in [6.07, 6.45) is 4.26. The van der Waals surface area contributed by atoms with E-state index in [1.807, 2.05) is 0 Å². The zero-order chi connectivity index (χ0) is 20.7. The van der Waals surface area contributed by atoms with Gasteiger partial charge >= 0.3 is 0 Å². The maximum atomic E-state index is 14.7. The van der Waals surface area contributed by atoms with Crippen molar-refractivity contribution in [2.45, 2.75) is 0 Å². The Morgan fingerprint density at radius 3 is 2.77 bits per heavy atom. The van der Waals surface area contributed by atoms with Crippen molar-refractivity contribution in [2.75, 3.05) is 5.32 Å². The Morgan fingerprint density at radius 1 is 0.967 bits per heavy atom. The maximum Gasteiger partial charge on any atom is 0.168 e. The molecule has 0 unspecified atom stereocenters. The van der Waals surface area contributed by atoms with Gasteiger partial charge in [-0.25, -0.2) is 33.2 Å². The average molecular weight is 426 g/mol. The summed E-state index contributed by atoms with van der Waals surface area (Å²) in [7, 11) is 0. The van der Waals surface area contributed by atoms with E-state index in [4.69, 9.17) is 16.3 Å². The minimum atomic E-state index is -0.774. The third-order valence-corrected chi connectivity index (χ3v) is 4.41. The van der Waals surface area contributed by atoms with Gasteiger partial charge < -0.3 is 10.1 Å². The van der Waals surface area contributed by atoms with Crippen LogP contribution in [0.4, 0.5) is 20.3 Å². The van der Waals surface area contributed by atoms with Crippen molar-refractivity contribution in [1.29, 1.82) is 0 Å². The van der Waals surface area contributed by atoms with Gasteiger partial charge in [0.15, 0.2) is 28.8 Å². The molecule has 0 saturated carbocycles. The Bertz CT molecular complexity index is 1410. The third-order valence-electron chi connectivity index (χ3n) is 4.20. The van der Waals surface area contributed by atoms with E-state index < -0.39 is 11.6 Å². The van der Waals surface area contributed by atoms with E-state index in [2.05, 4.69) is 30.4 Å². The van der Waals surface area contributed by atoms with Crippen molar-refractivity contribution in [1.82, 2.24) is 29.5 Å². The van der Waals surface area contributed by atoms with E-state index in [0.717, 1.165) is 12.1 Å². The molecule has 0 aliphatic heterocycles. The summed E-state index contributed by atoms with van der Waals surface area (Å²) < 4.78 is 36.3. The molecule has 0 amide bonds. The standard InChI is InChI=1S/C19H10ClF2N7O/c20-16-2-1-13-18(28-16)19(25-8-23-13)27-14-6-12(22)15(7-11(14)21)30-10-3-4-29-17(5-10)24-9-26-29/h1-9H,(H,23,25,27). The zero-order valence-electron chi connectivity index (χ0n) is 14.9. The topological polar surface area (TPSA) is 90.1 Å². The molecule has 4 heterocycles. The summed E-state index contributed by atoms with van der Waals surface area (Å²) in [5.74, 6) is -1.33. The van der Waals surface area contributed by atoms with Crippen LogP contribution in [0.15, 0.2) is 55.2 Å². The molecule has 30 heavy (non-hydrogen) atoms. The minimum absolute atomic E-state index is 0.144. The molecule has 8 nitrogen and oxygen atoms in total. The lowest BCUT2D eigenvalue weighted by Crippen LogP contribution is -2.01. The number of fused-ring (bicyclic) bond motifs is 2. The summed E-state index contributed by atoms with van der Waals surface area (Å²) in [4.78, 5) is 16.3. The summed E-state index contributed by atoms with van der Waals surface area (Å²) in [6, 6.07) is 8.25. The molecule has 0 fully saturated rings. The maximum absolute atomic E-state index is 14.7. The number of aromatic nitrogens is 6. The summed E-state index contributed by atoms with van der Waals surface area (Å²) >= 11 is 5.92. The van der Waals surface area contributed by atoms with Gasteiger partial charge in [-0.15, -0.1) is 0 Å². The molecule has 0 aliphatic carbocycles. The molecule has 5 rings (SSSR count). The quantitative estimate of drug-likeness (QED) is 0.423. The van der Waals surface area contributed by atoms with Gasteiger partial charge in [0.1, 0.15) is 29.1 Å². The third kappa shape index (κ3) is 3.33. The zero-order valence-corrected chi connectivity index (χ0v) is 15.7. The Labute approximate surface area is 172 Å². The van der Waals surface area contributed by atoms with Gasteiger partial charge in [-0.2, -0.15) is 5.10 Å². The first-order valence-corrected chi connectivity index (χ1v) is 8.95. The molecule has 0 atom stereocenters. The smallest absolute Gasteiger partial charge is 0.168 e. The van der Waals surface area contributed by atoms with Crippen molar-refractivity contribution in [2.24, 2.45) is 0 Å². The van der Waals surface area contributed by atoms with E-state index in [9.17, 15) is 8.78 Å². The van der Waals surface area contributed by atoms with Crippen LogP contribution in [0.2, 0.25) is 5.15 Å². The van der Waals surface area contributed by atoms with E-state index in [1.54, 1.807) is 30.5 Å². The number of anilines is 2. The lowest BCUT2D eigenvalue weighted by atomic mass is 10.2. The number of hydrogen-bond donors (Lipinski definition) is 1. The molecule has 1 N–H and O–H groups in total. The molecule has 0 aliphatic rings. The van der Waals surface area contributed by atoms with Crippen LogP contribution in [0, 0.1) is 11.6 Å². The fraction of sp³-hybridized carbons (Fsp3) is 0. The van der Waals surface area contributed by atoms with Crippen LogP contribution in [0.1, 0.15) is 0 Å². The van der Waals surface area contributed by atoms with Gasteiger partial charge in [0.2, 0.25) is 0 Å². The van der Waals surface area contributed by atoms with Gasteiger partial charge in [-0.05, 0) is 18.2 Å². The predicted octanol–water partition coefficient (Wildman–Crippen LogP) is 4.54. The highest BCUT2D eigenvalue weighted by atomic mass is 35.5. The van der Waals surface area contributed by atoms with E-state index in [-0.39, 0.29) is 28.2 Å². The first-order valence-electron chi connectivity index (χ1n) is 8.57. The average Bonchev–Trinajstić information content (AvgIpc) is 3.20. The second kappa shape index (κ2) is 7.16. The van der Waals surface area contributed by atoms with Gasteiger partial charge in [-0.3, -0.25) is 0 Å². The largest absolute Gasteiger partial charge is 0.454 e. The lowest BCUT2D eigenvalue weighted by Gasteiger charge is -2.12. The Kier molecular flexibility index (Phi) is 4.32. The SMILES string of the molecule is Fc1cc(Oc2ccn3ncnc3c2)c(F)cc1Nc1ncnc2ccc(Cl)nc12. The van der Waals surface area contributed by atoms with Gasteiger partial charge in [0.25, 0.3) is 0 Å². The van der Waals surface area contributed by atoms with Crippen LogP contribution in [0.5, 0.6) is 11.5 Å². The van der Waals surface area contributed by atoms with Crippen molar-refractivity contribution in [3.05, 3.63) is 72.0 Å². The second-order valence-electron chi connectivity index (χ2n) is 6.14. The van der Waals surface area contributed by atoms with Crippen LogP contribution in [-0.4, -0.2) is 29.5 Å². The second-order valence-corrected chi connectivity index (χ2v) is 6.53. The highest BCUT2D eigenvalue weighted by molar-refractivity contribution is 6.29. The molecule has 148 valence electrons. The van der Waals surface area contributed by atoms with E-state index in [1.165, 1.54) is 17.2 Å². The van der Waals surface area contributed by atoms with Crippen LogP contribution in [0.3, 0.4) is 0 Å². The fourth-order valence-corrected chi connectivity index (χ4v) is 2.97. The number of rotatable bonds is 4. The fourth-order valence-electron chi connectivity index (χ4n) is 2.83. The monoisotopic (exact) mass is 425 g/mol. The number of ether oxygens (including phenoxy) is 1. The van der Waals surface area contributed by atoms with Gasteiger partial charge in [0, 0.05) is 24.4 Å². The van der Waals surface area contributed by atoms with Crippen molar-refractivity contribution in [3.8, 4) is 11.5 Å². The molecule has 5 aromatic rings. The number of hydrogen-bond acceptors (Lipinski definition) is 7. The minimum Gasteiger partial charge on any atom is -0.454 e. The summed E-state index contributed by atoms with van der Waals surface area (Å²) in [5, 5.41) is 6.91. The molecule has 0 bridgehead atoms. The van der Waals surface area contributed by atoms with Crippen LogP contribution in [-0.2, 0) is 0 Å². The van der Waals surface area contributed by atoms with Crippen LogP contribution < -0.4 is 10.1 Å². The van der Waals surface area contributed by atoms with Crippen molar-refractivity contribution in [3.63, 3.8) is 0 Å². The Morgan fingerprint density at radius 2 is 1.87 bits per heavy atom. The van der Waals surface area contributed by atoms with Gasteiger partial charge in [0.05, 0.1) is 11.2 Å². The normalized spacial score (nSPS) is 11.2. The lowest BCUT2D eigenvalue weighted by molar-refractivity contribution is 0.437. The summed E-state index contributed by atoms with van der Waals surface area (Å²) in [6.45, 7) is 0. The van der Waals surface area contributed by atoms with Crippen LogP contribution in [0.25, 0.3) is 16.7 Å². The molecule has 0 radical (unpaired) electrons. The highest BCUT2D eigenvalue weighted by Crippen LogP contribution is 2.31. The summed E-state index contributed by atoms with van der Waals surface area (Å²) in [5.41, 5.74) is 1.19. The van der Waals surface area contributed by atoms with Gasteiger partial charge in [-0.1, -0.05) is 11.6 Å². The molecule has 1 aromatic carbocycles. The molecule has 4 aromatic heterocycles. The van der Waals surface area contributed by atoms with E-state index >= 15 is 0 Å². The van der Waals surface area contributed by atoms with Crippen LogP contribution >= 0.6 is 11.6 Å². The van der Waals surface area contributed by atoms with Crippen molar-refractivity contribution < 1.29 is 13.5 Å². The number of benzene rings is 1. The highest BCUT2D eigenvalue weighted by Gasteiger charge is 2.15. The molecular weight excluding hydrogens is 416 g/mol. The Balaban J connectivity index is 1.46. The predicted molar refractivity (Wildman–Crippen MR) is 105 cm³/mol. The number of halogens is 3. The molecule has 0 spiro atoms. The molecule has 0 saturated heterocycles. The first-order chi connectivity index (χ1) is 14.6.